The minimum Gasteiger partial charge on any atom is -0.415 e. The van der Waals surface area contributed by atoms with Crippen molar-refractivity contribution >= 4 is 27.0 Å². The van der Waals surface area contributed by atoms with Crippen molar-refractivity contribution in [3.8, 4) is 0 Å². The summed E-state index contributed by atoms with van der Waals surface area (Å²) >= 11 is 0. The van der Waals surface area contributed by atoms with Crippen LogP contribution in [0, 0.1) is 0 Å². The molecule has 0 aliphatic rings. The van der Waals surface area contributed by atoms with Gasteiger partial charge < -0.3 is 14.6 Å². The minimum absolute atomic E-state index is 0.113. The van der Waals surface area contributed by atoms with Gasteiger partial charge in [0, 0.05) is 0 Å². The first-order valence-corrected chi connectivity index (χ1v) is 22.9. The van der Waals surface area contributed by atoms with Gasteiger partial charge in [-0.25, -0.2) is 0 Å². The maximum Gasteiger partial charge on any atom is 0.261 e. The van der Waals surface area contributed by atoms with Gasteiger partial charge >= 0.3 is 0 Å². The van der Waals surface area contributed by atoms with E-state index in [4.69, 9.17) is 14.6 Å². The van der Waals surface area contributed by atoms with E-state index < -0.39 is 16.6 Å². The zero-order chi connectivity index (χ0) is 33.4. The number of allylic oxidation sites excluding steroid dienone is 1. The average Bonchev–Trinajstić information content (AvgIpc) is 2.99. The molecule has 3 nitrogen and oxygen atoms in total. The van der Waals surface area contributed by atoms with E-state index in [1.807, 2.05) is 0 Å². The van der Waals surface area contributed by atoms with Crippen LogP contribution in [0.2, 0.25) is 23.2 Å². The molecule has 0 amide bonds. The van der Waals surface area contributed by atoms with Gasteiger partial charge in [-0.2, -0.15) is 0 Å². The molecule has 2 N–H and O–H groups in total. The molecule has 0 bridgehead atoms. The highest BCUT2D eigenvalue weighted by atomic mass is 28.4. The van der Waals surface area contributed by atoms with Crippen LogP contribution in [0.4, 0.5) is 0 Å². The molecule has 0 saturated carbocycles. The molecule has 45 heavy (non-hydrogen) atoms. The Morgan fingerprint density at radius 3 is 1.53 bits per heavy atom. The monoisotopic (exact) mass is 651 g/mol. The second kappa shape index (κ2) is 19.3. The predicted molar refractivity (Wildman–Crippen MR) is 204 cm³/mol. The second-order valence-corrected chi connectivity index (χ2v) is 24.8. The number of hydrogen-bond donors (Lipinski definition) is 1. The highest BCUT2D eigenvalue weighted by Crippen LogP contribution is 2.39. The highest BCUT2D eigenvalue weighted by Gasteiger charge is 2.52. The van der Waals surface area contributed by atoms with Gasteiger partial charge in [-0.05, 0) is 46.4 Å². The molecule has 0 heterocycles. The van der Waals surface area contributed by atoms with E-state index in [1.54, 1.807) is 0 Å². The summed E-state index contributed by atoms with van der Waals surface area (Å²) in [6.45, 7) is 21.3. The van der Waals surface area contributed by atoms with Crippen LogP contribution < -0.4 is 16.1 Å². The third-order valence-electron chi connectivity index (χ3n) is 9.89. The standard InChI is InChI=1S/C40H69NO2Si2/c1-10-11-12-13-14-15-16-17-18-19-20-21-28-33-38(37(41)34-42-44(8,9)39(2,3)4)43-45(40(5,6)7,35-29-24-22-25-30-35)36-31-26-23-27-32-36/h22-33,37-38H,10-21,34,41H2,1-9H3/b33-28+/t37-,38+/m0/s1. The van der Waals surface area contributed by atoms with E-state index in [0.29, 0.717) is 6.61 Å². The van der Waals surface area contributed by atoms with Crippen molar-refractivity contribution in [3.05, 3.63) is 72.8 Å². The molecular formula is C40H69NO2Si2. The molecular weight excluding hydrogens is 583 g/mol. The van der Waals surface area contributed by atoms with Gasteiger partial charge in [0.2, 0.25) is 0 Å². The van der Waals surface area contributed by atoms with E-state index in [9.17, 15) is 0 Å². The van der Waals surface area contributed by atoms with Gasteiger partial charge in [0.05, 0.1) is 18.8 Å². The number of rotatable bonds is 21. The molecule has 2 aromatic rings. The number of hydrogen-bond acceptors (Lipinski definition) is 3. The summed E-state index contributed by atoms with van der Waals surface area (Å²) in [5.74, 6) is 0. The van der Waals surface area contributed by atoms with Gasteiger partial charge in [-0.15, -0.1) is 0 Å². The third-order valence-corrected chi connectivity index (χ3v) is 19.4. The summed E-state index contributed by atoms with van der Waals surface area (Å²) in [7, 11) is -4.72. The topological polar surface area (TPSA) is 44.5 Å². The smallest absolute Gasteiger partial charge is 0.261 e. The van der Waals surface area contributed by atoms with E-state index in [2.05, 4.69) is 134 Å². The molecule has 254 valence electrons. The Kier molecular flexibility index (Phi) is 17.1. The van der Waals surface area contributed by atoms with Crippen molar-refractivity contribution in [2.45, 2.75) is 161 Å². The quantitative estimate of drug-likeness (QED) is 0.0830. The molecule has 0 aliphatic carbocycles. The van der Waals surface area contributed by atoms with Crippen molar-refractivity contribution in [3.63, 3.8) is 0 Å². The molecule has 5 heteroatoms. The Bertz CT molecular complexity index is 1030. The van der Waals surface area contributed by atoms with Crippen molar-refractivity contribution in [1.29, 1.82) is 0 Å². The molecule has 0 aromatic heterocycles. The summed E-state index contributed by atoms with van der Waals surface area (Å²) in [6.07, 6.45) is 20.4. The summed E-state index contributed by atoms with van der Waals surface area (Å²) in [5, 5.41) is 2.58. The summed E-state index contributed by atoms with van der Waals surface area (Å²) in [6, 6.07) is 21.6. The Balaban J connectivity index is 2.22. The average molecular weight is 652 g/mol. The molecule has 0 radical (unpaired) electrons. The predicted octanol–water partition coefficient (Wildman–Crippen LogP) is 10.5. The zero-order valence-electron chi connectivity index (χ0n) is 30.7. The fourth-order valence-electron chi connectivity index (χ4n) is 5.94. The summed E-state index contributed by atoms with van der Waals surface area (Å²) in [5.41, 5.74) is 7.07. The van der Waals surface area contributed by atoms with E-state index >= 15 is 0 Å². The van der Waals surface area contributed by atoms with Gasteiger partial charge in [-0.1, -0.05) is 185 Å². The molecule has 2 rings (SSSR count). The Morgan fingerprint density at radius 2 is 1.11 bits per heavy atom. The van der Waals surface area contributed by atoms with Crippen LogP contribution in [0.5, 0.6) is 0 Å². The van der Waals surface area contributed by atoms with E-state index in [1.165, 1.54) is 81.0 Å². The molecule has 0 spiro atoms. The maximum absolute atomic E-state index is 7.56. The van der Waals surface area contributed by atoms with E-state index in [-0.39, 0.29) is 22.2 Å². The van der Waals surface area contributed by atoms with Gasteiger partial charge in [0.25, 0.3) is 8.32 Å². The van der Waals surface area contributed by atoms with Crippen molar-refractivity contribution in [2.75, 3.05) is 6.61 Å². The Hall–Kier alpha value is -1.51. The highest BCUT2D eigenvalue weighted by molar-refractivity contribution is 6.99. The van der Waals surface area contributed by atoms with E-state index in [0.717, 1.165) is 6.42 Å². The van der Waals surface area contributed by atoms with Crippen LogP contribution in [0.1, 0.15) is 126 Å². The van der Waals surface area contributed by atoms with Gasteiger partial charge in [-0.3, -0.25) is 0 Å². The first-order chi connectivity index (χ1) is 21.3. The third kappa shape index (κ3) is 12.6. The minimum atomic E-state index is -2.77. The van der Waals surface area contributed by atoms with Crippen LogP contribution in [0.3, 0.4) is 0 Å². The zero-order valence-corrected chi connectivity index (χ0v) is 32.7. The fraction of sp³-hybridized carbons (Fsp3) is 0.650. The van der Waals surface area contributed by atoms with Gasteiger partial charge in [0.15, 0.2) is 8.32 Å². The van der Waals surface area contributed by atoms with Crippen LogP contribution in [0.25, 0.3) is 0 Å². The molecule has 0 saturated heterocycles. The Labute approximate surface area is 281 Å². The molecule has 0 fully saturated rings. The molecule has 2 aromatic carbocycles. The van der Waals surface area contributed by atoms with Crippen LogP contribution in [0.15, 0.2) is 72.8 Å². The molecule has 0 unspecified atom stereocenters. The molecule has 0 aliphatic heterocycles. The number of benzene rings is 2. The Morgan fingerprint density at radius 1 is 0.667 bits per heavy atom. The summed E-state index contributed by atoms with van der Waals surface area (Å²) < 4.78 is 14.2. The lowest BCUT2D eigenvalue weighted by molar-refractivity contribution is 0.155. The first kappa shape index (κ1) is 39.7. The normalized spacial score (nSPS) is 14.6. The fourth-order valence-corrected chi connectivity index (χ4v) is 11.7. The second-order valence-electron chi connectivity index (χ2n) is 15.7. The van der Waals surface area contributed by atoms with Crippen LogP contribution in [-0.2, 0) is 8.85 Å². The first-order valence-electron chi connectivity index (χ1n) is 18.1. The lowest BCUT2D eigenvalue weighted by Gasteiger charge is -2.46. The van der Waals surface area contributed by atoms with Crippen LogP contribution in [-0.4, -0.2) is 35.4 Å². The number of nitrogens with two attached hydrogens (primary N) is 1. The van der Waals surface area contributed by atoms with Gasteiger partial charge in [0.1, 0.15) is 0 Å². The number of unbranched alkanes of at least 4 members (excludes halogenated alkanes) is 11. The largest absolute Gasteiger partial charge is 0.415 e. The molecule has 2 atom stereocenters. The lowest BCUT2D eigenvalue weighted by Crippen LogP contribution is -2.69. The van der Waals surface area contributed by atoms with Crippen molar-refractivity contribution in [1.82, 2.24) is 0 Å². The van der Waals surface area contributed by atoms with Crippen LogP contribution >= 0.6 is 0 Å². The maximum atomic E-state index is 7.56. The lowest BCUT2D eigenvalue weighted by atomic mass is 10.0. The van der Waals surface area contributed by atoms with Crippen molar-refractivity contribution < 1.29 is 8.85 Å². The SMILES string of the molecule is CCCCCCCCCCCCC/C=C/[C@@H](O[Si](c1ccccc1)(c1ccccc1)C(C)(C)C)[C@@H](N)CO[Si](C)(C)C(C)(C)C. The summed E-state index contributed by atoms with van der Waals surface area (Å²) in [4.78, 5) is 0. The van der Waals surface area contributed by atoms with Crippen molar-refractivity contribution in [2.24, 2.45) is 5.73 Å².